The van der Waals surface area contributed by atoms with Crippen molar-refractivity contribution in [2.45, 2.75) is 83.2 Å². The summed E-state index contributed by atoms with van der Waals surface area (Å²) in [6, 6.07) is 0. The first-order valence-corrected chi connectivity index (χ1v) is 8.34. The topological polar surface area (TPSA) is 57.5 Å². The van der Waals surface area contributed by atoms with Crippen LogP contribution in [0.25, 0.3) is 0 Å². The largest absolute Gasteiger partial charge is 0.481 e. The monoisotopic (exact) mass is 296 g/mol. The van der Waals surface area contributed by atoms with Crippen LogP contribution in [0.15, 0.2) is 24.8 Å². The summed E-state index contributed by atoms with van der Waals surface area (Å²) in [4.78, 5) is 10.3. The molecule has 0 rings (SSSR count). The Morgan fingerprint density at radius 1 is 0.905 bits per heavy atom. The standard InChI is InChI=1S/C18H32O3/c1-2-17(19)15-13-11-9-7-5-3-4-6-8-10-12-14-16-18(20)21/h2-3,5,17,19H,1,4,6-16H2,(H,20,21). The van der Waals surface area contributed by atoms with Crippen LogP contribution in [0.4, 0.5) is 0 Å². The molecule has 0 aliphatic rings. The minimum atomic E-state index is -0.683. The number of allylic oxidation sites excluding steroid dienone is 2. The highest BCUT2D eigenvalue weighted by Crippen LogP contribution is 2.09. The minimum Gasteiger partial charge on any atom is -0.481 e. The minimum absolute atomic E-state index is 0.309. The molecule has 0 aliphatic heterocycles. The summed E-state index contributed by atoms with van der Waals surface area (Å²) in [5, 5.41) is 17.8. The summed E-state index contributed by atoms with van der Waals surface area (Å²) in [6.07, 6.45) is 18.0. The van der Waals surface area contributed by atoms with Crippen molar-refractivity contribution in [3.63, 3.8) is 0 Å². The predicted octanol–water partition coefficient (Wildman–Crippen LogP) is 4.86. The van der Waals surface area contributed by atoms with Crippen LogP contribution in [0.3, 0.4) is 0 Å². The molecule has 0 heterocycles. The number of aliphatic carboxylic acids is 1. The molecule has 0 aliphatic carbocycles. The Kier molecular flexibility index (Phi) is 14.5. The summed E-state index contributed by atoms with van der Waals surface area (Å²) in [5.41, 5.74) is 0. The van der Waals surface area contributed by atoms with Crippen LogP contribution in [0.2, 0.25) is 0 Å². The number of carboxylic acids is 1. The van der Waals surface area contributed by atoms with Gasteiger partial charge in [0.05, 0.1) is 6.10 Å². The molecular formula is C18H32O3. The van der Waals surface area contributed by atoms with Gasteiger partial charge in [-0.1, -0.05) is 50.3 Å². The highest BCUT2D eigenvalue weighted by Gasteiger charge is 1.97. The summed E-state index contributed by atoms with van der Waals surface area (Å²) in [6.45, 7) is 3.56. The van der Waals surface area contributed by atoms with E-state index in [1.807, 2.05) is 0 Å². The van der Waals surface area contributed by atoms with Crippen molar-refractivity contribution in [1.29, 1.82) is 0 Å². The Balaban J connectivity index is 3.15. The van der Waals surface area contributed by atoms with E-state index in [0.29, 0.717) is 6.42 Å². The lowest BCUT2D eigenvalue weighted by Gasteiger charge is -2.03. The van der Waals surface area contributed by atoms with Gasteiger partial charge in [0.2, 0.25) is 0 Å². The van der Waals surface area contributed by atoms with Crippen molar-refractivity contribution >= 4 is 5.97 Å². The lowest BCUT2D eigenvalue weighted by atomic mass is 10.1. The van der Waals surface area contributed by atoms with E-state index in [2.05, 4.69) is 18.7 Å². The molecule has 0 saturated heterocycles. The Hall–Kier alpha value is -1.09. The number of aliphatic hydroxyl groups is 1. The van der Waals surface area contributed by atoms with Crippen LogP contribution in [0.1, 0.15) is 77.0 Å². The van der Waals surface area contributed by atoms with E-state index in [1.165, 1.54) is 25.7 Å². The fourth-order valence-electron chi connectivity index (χ4n) is 2.21. The molecule has 21 heavy (non-hydrogen) atoms. The SMILES string of the molecule is C=CC(O)CCCCCC=CCCCCCCCC(=O)O. The molecular weight excluding hydrogens is 264 g/mol. The number of carbonyl (C=O) groups is 1. The molecule has 0 saturated carbocycles. The lowest BCUT2D eigenvalue weighted by molar-refractivity contribution is -0.137. The molecule has 0 aromatic carbocycles. The molecule has 0 aromatic heterocycles. The first kappa shape index (κ1) is 19.9. The average molecular weight is 296 g/mol. The second-order valence-electron chi connectivity index (χ2n) is 5.61. The second-order valence-corrected chi connectivity index (χ2v) is 5.61. The summed E-state index contributed by atoms with van der Waals surface area (Å²) >= 11 is 0. The summed E-state index contributed by atoms with van der Waals surface area (Å²) in [5.74, 6) is -0.683. The summed E-state index contributed by atoms with van der Waals surface area (Å²) < 4.78 is 0. The average Bonchev–Trinajstić information content (AvgIpc) is 2.46. The van der Waals surface area contributed by atoms with Gasteiger partial charge in [-0.25, -0.2) is 0 Å². The Morgan fingerprint density at radius 2 is 1.43 bits per heavy atom. The number of hydrogen-bond acceptors (Lipinski definition) is 2. The molecule has 0 bridgehead atoms. The van der Waals surface area contributed by atoms with Gasteiger partial charge in [-0.05, 0) is 38.5 Å². The molecule has 0 radical (unpaired) electrons. The van der Waals surface area contributed by atoms with Gasteiger partial charge in [0.25, 0.3) is 0 Å². The predicted molar refractivity (Wildman–Crippen MR) is 88.4 cm³/mol. The zero-order chi connectivity index (χ0) is 15.8. The number of hydrogen-bond donors (Lipinski definition) is 2. The Morgan fingerprint density at radius 3 is 2.00 bits per heavy atom. The van der Waals surface area contributed by atoms with Crippen molar-refractivity contribution < 1.29 is 15.0 Å². The van der Waals surface area contributed by atoms with Crippen LogP contribution in [0, 0.1) is 0 Å². The number of unbranched alkanes of at least 4 members (excludes halogenated alkanes) is 8. The van der Waals surface area contributed by atoms with E-state index in [1.54, 1.807) is 6.08 Å². The summed E-state index contributed by atoms with van der Waals surface area (Å²) in [7, 11) is 0. The normalized spacial score (nSPS) is 12.6. The smallest absolute Gasteiger partial charge is 0.303 e. The maximum absolute atomic E-state index is 10.3. The molecule has 0 amide bonds. The number of aliphatic hydroxyl groups excluding tert-OH is 1. The third-order valence-electron chi connectivity index (χ3n) is 3.57. The van der Waals surface area contributed by atoms with E-state index >= 15 is 0 Å². The lowest BCUT2D eigenvalue weighted by Crippen LogP contribution is -2.00. The molecule has 0 fully saturated rings. The zero-order valence-electron chi connectivity index (χ0n) is 13.3. The molecule has 0 aromatic rings. The highest BCUT2D eigenvalue weighted by molar-refractivity contribution is 5.66. The van der Waals surface area contributed by atoms with E-state index in [9.17, 15) is 9.90 Å². The van der Waals surface area contributed by atoms with Crippen molar-refractivity contribution in [2.24, 2.45) is 0 Å². The van der Waals surface area contributed by atoms with Gasteiger partial charge in [-0.15, -0.1) is 6.58 Å². The molecule has 3 nitrogen and oxygen atoms in total. The van der Waals surface area contributed by atoms with Gasteiger partial charge in [-0.3, -0.25) is 4.79 Å². The van der Waals surface area contributed by atoms with E-state index < -0.39 is 5.97 Å². The van der Waals surface area contributed by atoms with Crippen LogP contribution < -0.4 is 0 Å². The quantitative estimate of drug-likeness (QED) is 0.335. The van der Waals surface area contributed by atoms with Gasteiger partial charge >= 0.3 is 5.97 Å². The molecule has 1 atom stereocenters. The van der Waals surface area contributed by atoms with E-state index in [0.717, 1.165) is 44.9 Å². The number of rotatable bonds is 15. The van der Waals surface area contributed by atoms with Crippen molar-refractivity contribution in [3.8, 4) is 0 Å². The third-order valence-corrected chi connectivity index (χ3v) is 3.57. The van der Waals surface area contributed by atoms with Crippen LogP contribution in [-0.4, -0.2) is 22.3 Å². The van der Waals surface area contributed by atoms with Crippen molar-refractivity contribution in [1.82, 2.24) is 0 Å². The molecule has 1 unspecified atom stereocenters. The van der Waals surface area contributed by atoms with Gasteiger partial charge in [-0.2, -0.15) is 0 Å². The maximum atomic E-state index is 10.3. The Bertz CT molecular complexity index is 284. The van der Waals surface area contributed by atoms with Crippen molar-refractivity contribution in [2.75, 3.05) is 0 Å². The first-order valence-electron chi connectivity index (χ1n) is 8.34. The molecule has 2 N–H and O–H groups in total. The van der Waals surface area contributed by atoms with E-state index in [-0.39, 0.29) is 6.10 Å². The maximum Gasteiger partial charge on any atom is 0.303 e. The third kappa shape index (κ3) is 16.9. The van der Waals surface area contributed by atoms with Crippen LogP contribution >= 0.6 is 0 Å². The molecule has 122 valence electrons. The van der Waals surface area contributed by atoms with Gasteiger partial charge in [0.15, 0.2) is 0 Å². The van der Waals surface area contributed by atoms with Crippen LogP contribution in [0.5, 0.6) is 0 Å². The van der Waals surface area contributed by atoms with Crippen molar-refractivity contribution in [3.05, 3.63) is 24.8 Å². The van der Waals surface area contributed by atoms with Crippen LogP contribution in [-0.2, 0) is 4.79 Å². The number of carboxylic acid groups (broad SMARTS) is 1. The fraction of sp³-hybridized carbons (Fsp3) is 0.722. The van der Waals surface area contributed by atoms with Gasteiger partial charge in [0.1, 0.15) is 0 Å². The second kappa shape index (κ2) is 15.3. The Labute approximate surface area is 129 Å². The fourth-order valence-corrected chi connectivity index (χ4v) is 2.21. The molecule has 0 spiro atoms. The zero-order valence-corrected chi connectivity index (χ0v) is 13.3. The van der Waals surface area contributed by atoms with E-state index in [4.69, 9.17) is 5.11 Å². The van der Waals surface area contributed by atoms with Gasteiger partial charge < -0.3 is 10.2 Å². The molecule has 3 heteroatoms. The highest BCUT2D eigenvalue weighted by atomic mass is 16.4. The van der Waals surface area contributed by atoms with Gasteiger partial charge in [0, 0.05) is 6.42 Å². The first-order chi connectivity index (χ1) is 10.2.